The van der Waals surface area contributed by atoms with E-state index in [9.17, 15) is 9.59 Å². The van der Waals surface area contributed by atoms with E-state index in [-0.39, 0.29) is 13.1 Å². The summed E-state index contributed by atoms with van der Waals surface area (Å²) in [6.07, 6.45) is 0. The Balaban J connectivity index is 3.68. The van der Waals surface area contributed by atoms with Crippen molar-refractivity contribution >= 4 is 61.4 Å². The summed E-state index contributed by atoms with van der Waals surface area (Å²) in [7, 11) is 0. The molecule has 0 N–H and O–H groups in total. The Hall–Kier alpha value is 0.340. The Labute approximate surface area is 92.6 Å². The smallest absolute Gasteiger partial charge is 0.278 e. The lowest BCUT2D eigenvalue weighted by atomic mass is 10.6. The molecule has 0 aliphatic heterocycles. The maximum absolute atomic E-state index is 10.5. The molecule has 12 heavy (non-hydrogen) atoms. The van der Waals surface area contributed by atoms with Gasteiger partial charge in [0.05, 0.1) is 13.1 Å². The molecule has 0 spiro atoms. The highest BCUT2D eigenvalue weighted by molar-refractivity contribution is 7.98. The molecular formula is C4H8N2O2S4. The van der Waals surface area contributed by atoms with E-state index in [2.05, 4.69) is 50.9 Å². The van der Waals surface area contributed by atoms with E-state index < -0.39 is 10.5 Å². The molecule has 2 amide bonds. The van der Waals surface area contributed by atoms with Gasteiger partial charge < -0.3 is 0 Å². The van der Waals surface area contributed by atoms with E-state index in [0.29, 0.717) is 0 Å². The van der Waals surface area contributed by atoms with Crippen molar-refractivity contribution < 1.29 is 9.59 Å². The lowest BCUT2D eigenvalue weighted by Crippen LogP contribution is -2.27. The van der Waals surface area contributed by atoms with Gasteiger partial charge in [0.25, 0.3) is 10.5 Å². The minimum absolute atomic E-state index is 0.251. The summed E-state index contributed by atoms with van der Waals surface area (Å²) in [6.45, 7) is 0.502. The molecule has 0 radical (unpaired) electrons. The van der Waals surface area contributed by atoms with Crippen LogP contribution in [-0.4, -0.2) is 32.2 Å². The van der Waals surface area contributed by atoms with Crippen molar-refractivity contribution in [1.29, 1.82) is 0 Å². The second kappa shape index (κ2) is 5.90. The first-order valence-corrected chi connectivity index (χ1v) is 4.53. The van der Waals surface area contributed by atoms with Gasteiger partial charge in [-0.05, 0) is 0 Å². The maximum Gasteiger partial charge on any atom is 0.288 e. The van der Waals surface area contributed by atoms with Gasteiger partial charge in [-0.15, -0.1) is 0 Å². The number of hydrogen-bond donors (Lipinski definition) is 4. The standard InChI is InChI=1S/C4H8N2O2S4/c7-3(9)5(11)1-2-6(12)4(8)10/h11-12H,1-2H2,(H,7,9)(H,8,10). The van der Waals surface area contributed by atoms with E-state index >= 15 is 0 Å². The van der Waals surface area contributed by atoms with Crippen LogP contribution in [0.3, 0.4) is 0 Å². The summed E-state index contributed by atoms with van der Waals surface area (Å²) < 4.78 is 2.12. The van der Waals surface area contributed by atoms with E-state index in [1.54, 1.807) is 0 Å². The third-order valence-corrected chi connectivity index (χ3v) is 2.53. The second-order valence-corrected chi connectivity index (χ2v) is 3.54. The van der Waals surface area contributed by atoms with Gasteiger partial charge in [-0.1, -0.05) is 50.9 Å². The Bertz CT molecular complexity index is 168. The van der Waals surface area contributed by atoms with Crippen molar-refractivity contribution in [3.63, 3.8) is 0 Å². The van der Waals surface area contributed by atoms with E-state index in [0.717, 1.165) is 8.61 Å². The summed E-state index contributed by atoms with van der Waals surface area (Å²) in [5.74, 6) is 0. The molecular weight excluding hydrogens is 236 g/mol. The zero-order valence-corrected chi connectivity index (χ0v) is 9.49. The molecule has 0 fully saturated rings. The highest BCUT2D eigenvalue weighted by atomic mass is 32.1. The first-order valence-electron chi connectivity index (χ1n) is 2.84. The number of nitrogens with zero attached hydrogens (tertiary/aromatic N) is 2. The molecule has 0 rings (SSSR count). The number of rotatable bonds is 3. The largest absolute Gasteiger partial charge is 0.288 e. The average molecular weight is 244 g/mol. The summed E-state index contributed by atoms with van der Waals surface area (Å²) in [4.78, 5) is 21.0. The molecule has 0 aromatic heterocycles. The first-order chi connectivity index (χ1) is 5.45. The van der Waals surface area contributed by atoms with Crippen molar-refractivity contribution in [3.05, 3.63) is 0 Å². The molecule has 0 aromatic carbocycles. The molecule has 4 nitrogen and oxygen atoms in total. The monoisotopic (exact) mass is 244 g/mol. The molecule has 0 aliphatic carbocycles. The van der Waals surface area contributed by atoms with Gasteiger partial charge in [0.2, 0.25) is 0 Å². The van der Waals surface area contributed by atoms with Gasteiger partial charge in [0.15, 0.2) is 0 Å². The summed E-state index contributed by atoms with van der Waals surface area (Å²) in [6, 6.07) is 0. The molecule has 0 bridgehead atoms. The number of carbonyl (C=O) groups excluding carboxylic acids is 2. The van der Waals surface area contributed by atoms with Crippen molar-refractivity contribution in [2.24, 2.45) is 0 Å². The maximum atomic E-state index is 10.5. The molecule has 0 heterocycles. The normalized spacial score (nSPS) is 9.33. The van der Waals surface area contributed by atoms with Crippen molar-refractivity contribution in [3.8, 4) is 0 Å². The van der Waals surface area contributed by atoms with Gasteiger partial charge >= 0.3 is 0 Å². The molecule has 0 aromatic rings. The quantitative estimate of drug-likeness (QED) is 0.567. The molecule has 0 atom stereocenters. The summed E-state index contributed by atoms with van der Waals surface area (Å²) >= 11 is 14.6. The van der Waals surface area contributed by atoms with Crippen molar-refractivity contribution in [2.45, 2.75) is 0 Å². The Morgan fingerprint density at radius 3 is 1.33 bits per heavy atom. The van der Waals surface area contributed by atoms with Crippen LogP contribution in [0.2, 0.25) is 0 Å². The third-order valence-electron chi connectivity index (χ3n) is 0.965. The molecule has 8 heteroatoms. The fourth-order valence-corrected chi connectivity index (χ4v) is 0.760. The van der Waals surface area contributed by atoms with Crippen LogP contribution < -0.4 is 0 Å². The zero-order chi connectivity index (χ0) is 9.72. The molecule has 70 valence electrons. The van der Waals surface area contributed by atoms with Crippen LogP contribution in [0.5, 0.6) is 0 Å². The van der Waals surface area contributed by atoms with E-state index in [1.807, 2.05) is 0 Å². The van der Waals surface area contributed by atoms with E-state index in [1.165, 1.54) is 0 Å². The van der Waals surface area contributed by atoms with Gasteiger partial charge in [-0.2, -0.15) is 0 Å². The number of carbonyl (C=O) groups is 2. The highest BCUT2D eigenvalue weighted by Crippen LogP contribution is 2.03. The molecule has 0 unspecified atom stereocenters. The fourth-order valence-electron chi connectivity index (χ4n) is 0.381. The fraction of sp³-hybridized carbons (Fsp3) is 0.500. The molecule has 0 saturated heterocycles. The Morgan fingerprint density at radius 1 is 0.917 bits per heavy atom. The average Bonchev–Trinajstić information content (AvgIpc) is 1.98. The van der Waals surface area contributed by atoms with Crippen molar-refractivity contribution in [2.75, 3.05) is 13.1 Å². The topological polar surface area (TPSA) is 40.6 Å². The van der Waals surface area contributed by atoms with Crippen LogP contribution >= 0.6 is 50.9 Å². The van der Waals surface area contributed by atoms with Crippen LogP contribution in [0.1, 0.15) is 0 Å². The van der Waals surface area contributed by atoms with Gasteiger partial charge in [-0.25, -0.2) is 0 Å². The summed E-state index contributed by atoms with van der Waals surface area (Å²) in [5, 5.41) is -0.960. The van der Waals surface area contributed by atoms with E-state index in [4.69, 9.17) is 0 Å². The van der Waals surface area contributed by atoms with Gasteiger partial charge in [0.1, 0.15) is 0 Å². The number of thiol groups is 4. The van der Waals surface area contributed by atoms with Crippen LogP contribution in [0, 0.1) is 0 Å². The predicted octanol–water partition coefficient (Wildman–Crippen LogP) is 1.38. The van der Waals surface area contributed by atoms with Gasteiger partial charge in [0, 0.05) is 0 Å². The van der Waals surface area contributed by atoms with Crippen LogP contribution in [0.25, 0.3) is 0 Å². The Morgan fingerprint density at radius 2 is 1.17 bits per heavy atom. The molecule has 0 saturated carbocycles. The number of amides is 2. The summed E-state index contributed by atoms with van der Waals surface area (Å²) in [5.41, 5.74) is 0. The van der Waals surface area contributed by atoms with Gasteiger partial charge in [-0.3, -0.25) is 18.2 Å². The predicted molar refractivity (Wildman–Crippen MR) is 60.1 cm³/mol. The van der Waals surface area contributed by atoms with Crippen molar-refractivity contribution in [1.82, 2.24) is 8.61 Å². The Kier molecular flexibility index (Phi) is 6.06. The lowest BCUT2D eigenvalue weighted by molar-refractivity contribution is 0.241. The van der Waals surface area contributed by atoms with Crippen LogP contribution in [0.4, 0.5) is 9.59 Å². The second-order valence-electron chi connectivity index (χ2n) is 1.81. The molecule has 0 aliphatic rings. The lowest BCUT2D eigenvalue weighted by Gasteiger charge is -2.16. The SMILES string of the molecule is O=C(S)N(S)CCN(S)C(=O)S. The highest BCUT2D eigenvalue weighted by Gasteiger charge is 2.08. The zero-order valence-electron chi connectivity index (χ0n) is 5.91. The minimum Gasteiger partial charge on any atom is -0.278 e. The van der Waals surface area contributed by atoms with Crippen LogP contribution in [0.15, 0.2) is 0 Å². The number of hydrogen-bond acceptors (Lipinski definition) is 4. The third kappa shape index (κ3) is 5.07. The van der Waals surface area contributed by atoms with Crippen LogP contribution in [-0.2, 0) is 0 Å². The minimum atomic E-state index is -0.480. The first kappa shape index (κ1) is 12.3.